The van der Waals surface area contributed by atoms with Crippen molar-refractivity contribution >= 4 is 39.3 Å². The quantitative estimate of drug-likeness (QED) is 0.744. The molecule has 0 saturated carbocycles. The number of pyridine rings is 1. The second-order valence-corrected chi connectivity index (χ2v) is 5.84. The highest BCUT2D eigenvalue weighted by Crippen LogP contribution is 2.19. The number of nitrogens with one attached hydrogen (secondary N) is 1. The lowest BCUT2D eigenvalue weighted by Crippen LogP contribution is -2.41. The number of nitrogens with zero attached hydrogens (tertiary/aromatic N) is 2. The van der Waals surface area contributed by atoms with Gasteiger partial charge < -0.3 is 10.2 Å². The number of amides is 2. The first-order chi connectivity index (χ1) is 9.99. The minimum absolute atomic E-state index is 0.0233. The number of hydrogen-bond donors (Lipinski definition) is 1. The lowest BCUT2D eigenvalue weighted by atomic mass is 10.2. The van der Waals surface area contributed by atoms with Crippen LogP contribution in [-0.4, -0.2) is 41.3 Å². The Bertz CT molecular complexity index is 511. The van der Waals surface area contributed by atoms with Crippen molar-refractivity contribution < 1.29 is 9.59 Å². The van der Waals surface area contributed by atoms with Crippen molar-refractivity contribution in [2.24, 2.45) is 0 Å². The lowest BCUT2D eigenvalue weighted by molar-refractivity contribution is -0.121. The number of carbonyl (C=O) groups excluding carboxylic acids is 2. The Morgan fingerprint density at radius 3 is 2.71 bits per heavy atom. The smallest absolute Gasteiger partial charge is 0.257 e. The van der Waals surface area contributed by atoms with Crippen LogP contribution in [0.25, 0.3) is 0 Å². The van der Waals surface area contributed by atoms with Gasteiger partial charge in [0.05, 0.1) is 12.1 Å². The average molecular weight is 377 g/mol. The summed E-state index contributed by atoms with van der Waals surface area (Å²) in [5.41, 5.74) is 0.294. The molecule has 0 radical (unpaired) electrons. The molecule has 0 spiro atoms. The van der Waals surface area contributed by atoms with Crippen LogP contribution >= 0.6 is 27.5 Å². The summed E-state index contributed by atoms with van der Waals surface area (Å²) >= 11 is 9.24. The van der Waals surface area contributed by atoms with Crippen molar-refractivity contribution in [1.82, 2.24) is 15.2 Å². The van der Waals surface area contributed by atoms with Gasteiger partial charge in [-0.05, 0) is 34.8 Å². The predicted molar refractivity (Wildman–Crippen MR) is 86.4 cm³/mol. The molecular weight excluding hydrogens is 358 g/mol. The highest BCUT2D eigenvalue weighted by atomic mass is 79.9. The highest BCUT2D eigenvalue weighted by Gasteiger charge is 2.21. The molecule has 0 bridgehead atoms. The predicted octanol–water partition coefficient (Wildman–Crippen LogP) is 2.88. The van der Waals surface area contributed by atoms with Crippen molar-refractivity contribution in [2.45, 2.75) is 26.7 Å². The van der Waals surface area contributed by atoms with Crippen molar-refractivity contribution in [2.75, 3.05) is 19.6 Å². The zero-order valence-electron chi connectivity index (χ0n) is 12.2. The molecule has 0 fully saturated rings. The van der Waals surface area contributed by atoms with E-state index in [1.807, 2.05) is 13.8 Å². The highest BCUT2D eigenvalue weighted by molar-refractivity contribution is 9.10. The Morgan fingerprint density at radius 1 is 1.38 bits per heavy atom. The Kier molecular flexibility index (Phi) is 7.67. The summed E-state index contributed by atoms with van der Waals surface area (Å²) in [7, 11) is 0. The summed E-state index contributed by atoms with van der Waals surface area (Å²) < 4.78 is 0.669. The van der Waals surface area contributed by atoms with Crippen molar-refractivity contribution in [1.29, 1.82) is 0 Å². The number of hydrogen-bond acceptors (Lipinski definition) is 3. The van der Waals surface area contributed by atoms with Crippen LogP contribution in [0.5, 0.6) is 0 Å². The summed E-state index contributed by atoms with van der Waals surface area (Å²) in [6.45, 7) is 5.04. The molecule has 0 aromatic carbocycles. The molecule has 116 valence electrons. The van der Waals surface area contributed by atoms with Gasteiger partial charge in [0.15, 0.2) is 0 Å². The van der Waals surface area contributed by atoms with Gasteiger partial charge in [0, 0.05) is 23.8 Å². The van der Waals surface area contributed by atoms with Gasteiger partial charge in [-0.25, -0.2) is 4.98 Å². The SMILES string of the molecule is CCCNC(=O)CN(CCC)C(=O)c1cc(Br)cnc1Cl. The minimum atomic E-state index is -0.290. The molecule has 0 unspecified atom stereocenters. The van der Waals surface area contributed by atoms with E-state index in [0.717, 1.165) is 12.8 Å². The molecule has 1 aromatic rings. The standard InChI is InChI=1S/C14H19BrClN3O2/c1-3-5-17-12(20)9-19(6-4-2)14(21)11-7-10(15)8-18-13(11)16/h7-8H,3-6,9H2,1-2H3,(H,17,20). The van der Waals surface area contributed by atoms with E-state index < -0.39 is 0 Å². The van der Waals surface area contributed by atoms with Crippen LogP contribution in [0.2, 0.25) is 5.15 Å². The first-order valence-electron chi connectivity index (χ1n) is 6.86. The van der Waals surface area contributed by atoms with E-state index in [0.29, 0.717) is 23.1 Å². The van der Waals surface area contributed by atoms with E-state index in [2.05, 4.69) is 26.2 Å². The van der Waals surface area contributed by atoms with Gasteiger partial charge >= 0.3 is 0 Å². The number of carbonyl (C=O) groups is 2. The normalized spacial score (nSPS) is 10.3. The van der Waals surface area contributed by atoms with E-state index >= 15 is 0 Å². The molecule has 0 aliphatic rings. The first-order valence-corrected chi connectivity index (χ1v) is 8.03. The van der Waals surface area contributed by atoms with Crippen LogP contribution in [0.1, 0.15) is 37.0 Å². The molecule has 0 saturated heterocycles. The second kappa shape index (κ2) is 9.00. The lowest BCUT2D eigenvalue weighted by Gasteiger charge is -2.22. The molecule has 1 aromatic heterocycles. The molecule has 1 rings (SSSR count). The summed E-state index contributed by atoms with van der Waals surface area (Å²) in [6.07, 6.45) is 3.14. The van der Waals surface area contributed by atoms with Crippen LogP contribution in [0.3, 0.4) is 0 Å². The Balaban J connectivity index is 2.86. The maximum absolute atomic E-state index is 12.5. The molecule has 7 heteroatoms. The summed E-state index contributed by atoms with van der Waals surface area (Å²) in [5, 5.41) is 2.90. The molecule has 0 aliphatic heterocycles. The molecule has 0 aliphatic carbocycles. The number of halogens is 2. The summed E-state index contributed by atoms with van der Waals surface area (Å²) in [5.74, 6) is -0.458. The number of aromatic nitrogens is 1. The fourth-order valence-electron chi connectivity index (χ4n) is 1.76. The van der Waals surface area contributed by atoms with Gasteiger partial charge in [0.1, 0.15) is 5.15 Å². The van der Waals surface area contributed by atoms with Crippen LogP contribution in [-0.2, 0) is 4.79 Å². The zero-order chi connectivity index (χ0) is 15.8. The van der Waals surface area contributed by atoms with Gasteiger partial charge in [0.25, 0.3) is 5.91 Å². The van der Waals surface area contributed by atoms with E-state index in [9.17, 15) is 9.59 Å². The van der Waals surface area contributed by atoms with Crippen LogP contribution < -0.4 is 5.32 Å². The minimum Gasteiger partial charge on any atom is -0.355 e. The number of rotatable bonds is 7. The van der Waals surface area contributed by atoms with E-state index in [4.69, 9.17) is 11.6 Å². The van der Waals surface area contributed by atoms with Crippen molar-refractivity contribution in [3.63, 3.8) is 0 Å². The second-order valence-electron chi connectivity index (χ2n) is 4.57. The van der Waals surface area contributed by atoms with Gasteiger partial charge in [-0.3, -0.25) is 9.59 Å². The monoisotopic (exact) mass is 375 g/mol. The zero-order valence-corrected chi connectivity index (χ0v) is 14.5. The topological polar surface area (TPSA) is 62.3 Å². The van der Waals surface area contributed by atoms with Crippen LogP contribution in [0.4, 0.5) is 0 Å². The van der Waals surface area contributed by atoms with Gasteiger partial charge in [0.2, 0.25) is 5.91 Å². The molecule has 5 nitrogen and oxygen atoms in total. The third-order valence-corrected chi connectivity index (χ3v) is 3.46. The molecule has 0 atom stereocenters. The molecular formula is C14H19BrClN3O2. The Labute approximate surface area is 138 Å². The van der Waals surface area contributed by atoms with Crippen molar-refractivity contribution in [3.8, 4) is 0 Å². The fraction of sp³-hybridized carbons (Fsp3) is 0.500. The van der Waals surface area contributed by atoms with Crippen LogP contribution in [0, 0.1) is 0 Å². The maximum atomic E-state index is 12.5. The third kappa shape index (κ3) is 5.63. The summed E-state index contributed by atoms with van der Waals surface area (Å²) in [6, 6.07) is 1.62. The summed E-state index contributed by atoms with van der Waals surface area (Å²) in [4.78, 5) is 29.8. The van der Waals surface area contributed by atoms with Gasteiger partial charge in [-0.1, -0.05) is 25.4 Å². The largest absolute Gasteiger partial charge is 0.355 e. The van der Waals surface area contributed by atoms with Gasteiger partial charge in [-0.2, -0.15) is 0 Å². The van der Waals surface area contributed by atoms with E-state index in [1.54, 1.807) is 6.07 Å². The van der Waals surface area contributed by atoms with Gasteiger partial charge in [-0.15, -0.1) is 0 Å². The Morgan fingerprint density at radius 2 is 2.10 bits per heavy atom. The third-order valence-electron chi connectivity index (χ3n) is 2.72. The molecule has 1 N–H and O–H groups in total. The van der Waals surface area contributed by atoms with Crippen molar-refractivity contribution in [3.05, 3.63) is 27.5 Å². The fourth-order valence-corrected chi connectivity index (χ4v) is 2.27. The van der Waals surface area contributed by atoms with E-state index in [-0.39, 0.29) is 23.5 Å². The van der Waals surface area contributed by atoms with Crippen LogP contribution in [0.15, 0.2) is 16.7 Å². The molecule has 2 amide bonds. The Hall–Kier alpha value is -1.14. The first kappa shape index (κ1) is 17.9. The maximum Gasteiger partial charge on any atom is 0.257 e. The average Bonchev–Trinajstić information content (AvgIpc) is 2.46. The van der Waals surface area contributed by atoms with E-state index in [1.165, 1.54) is 11.1 Å². The molecule has 21 heavy (non-hydrogen) atoms. The molecule has 1 heterocycles.